The zero-order chi connectivity index (χ0) is 24.8. The molecule has 1 fully saturated rings. The van der Waals surface area contributed by atoms with Crippen LogP contribution in [0.25, 0.3) is 5.69 Å². The van der Waals surface area contributed by atoms with Crippen LogP contribution in [0.1, 0.15) is 50.5 Å². The van der Waals surface area contributed by atoms with Crippen LogP contribution in [0.15, 0.2) is 53.7 Å². The lowest BCUT2D eigenvalue weighted by molar-refractivity contribution is -0.115. The normalized spacial score (nSPS) is 15.7. The van der Waals surface area contributed by atoms with E-state index in [9.17, 15) is 4.79 Å². The molecule has 1 amide bonds. The van der Waals surface area contributed by atoms with Gasteiger partial charge in [0, 0.05) is 11.4 Å². The molecule has 1 aliphatic rings. The monoisotopic (exact) mass is 490 g/mol. The van der Waals surface area contributed by atoms with Crippen LogP contribution in [0.3, 0.4) is 0 Å². The maximum absolute atomic E-state index is 12.9. The number of methoxy groups -OCH3 is 1. The van der Waals surface area contributed by atoms with Crippen LogP contribution in [0.4, 0.5) is 5.69 Å². The molecule has 1 N–H and O–H groups in total. The summed E-state index contributed by atoms with van der Waals surface area (Å²) < 4.78 is 7.38. The lowest BCUT2D eigenvalue weighted by Crippen LogP contribution is -2.33. The quantitative estimate of drug-likeness (QED) is 0.453. The van der Waals surface area contributed by atoms with Crippen molar-refractivity contribution in [1.29, 1.82) is 5.26 Å². The smallest absolute Gasteiger partial charge is 0.237 e. The van der Waals surface area contributed by atoms with Gasteiger partial charge in [-0.15, -0.1) is 10.2 Å². The minimum absolute atomic E-state index is 0.0991. The van der Waals surface area contributed by atoms with E-state index in [4.69, 9.17) is 10.00 Å². The first kappa shape index (κ1) is 24.8. The number of rotatable bonds is 8. The number of aromatic nitrogens is 3. The molecule has 2 aromatic carbocycles. The van der Waals surface area contributed by atoms with Crippen molar-refractivity contribution in [3.05, 3.63) is 59.9 Å². The highest BCUT2D eigenvalue weighted by molar-refractivity contribution is 8.00. The Balaban J connectivity index is 1.58. The molecular formula is C26H30N6O2S. The Kier molecular flexibility index (Phi) is 8.06. The highest BCUT2D eigenvalue weighted by atomic mass is 32.2. The lowest BCUT2D eigenvalue weighted by atomic mass is 10.1. The van der Waals surface area contributed by atoms with E-state index in [1.54, 1.807) is 31.4 Å². The van der Waals surface area contributed by atoms with Crippen LogP contribution in [-0.2, 0) is 4.79 Å². The van der Waals surface area contributed by atoms with Gasteiger partial charge in [-0.3, -0.25) is 14.3 Å². The van der Waals surface area contributed by atoms with Gasteiger partial charge in [0.1, 0.15) is 5.75 Å². The fourth-order valence-electron chi connectivity index (χ4n) is 4.15. The van der Waals surface area contributed by atoms with Gasteiger partial charge in [0.2, 0.25) is 5.91 Å². The molecule has 8 nitrogen and oxygen atoms in total. The number of nitrogens with zero attached hydrogens (tertiary/aromatic N) is 5. The second-order valence-electron chi connectivity index (χ2n) is 8.59. The number of hydrogen-bond donors (Lipinski definition) is 1. The van der Waals surface area contributed by atoms with E-state index >= 15 is 0 Å². The molecule has 3 aromatic rings. The molecule has 35 heavy (non-hydrogen) atoms. The molecule has 4 rings (SSSR count). The molecule has 0 unspecified atom stereocenters. The van der Waals surface area contributed by atoms with Gasteiger partial charge in [0.05, 0.1) is 30.0 Å². The Hall–Kier alpha value is -3.35. The summed E-state index contributed by atoms with van der Waals surface area (Å²) in [4.78, 5) is 15.4. The number of amides is 1. The van der Waals surface area contributed by atoms with E-state index in [0.29, 0.717) is 16.4 Å². The molecule has 1 aliphatic heterocycles. The first-order valence-corrected chi connectivity index (χ1v) is 12.7. The van der Waals surface area contributed by atoms with Gasteiger partial charge in [0.25, 0.3) is 0 Å². The molecule has 1 aromatic heterocycles. The van der Waals surface area contributed by atoms with Crippen LogP contribution < -0.4 is 10.1 Å². The zero-order valence-electron chi connectivity index (χ0n) is 20.3. The van der Waals surface area contributed by atoms with Crippen LogP contribution in [0, 0.1) is 11.3 Å². The summed E-state index contributed by atoms with van der Waals surface area (Å²) in [5.41, 5.74) is 2.13. The van der Waals surface area contributed by atoms with E-state index in [1.165, 1.54) is 31.0 Å². The third kappa shape index (κ3) is 5.84. The van der Waals surface area contributed by atoms with Gasteiger partial charge in [-0.1, -0.05) is 18.2 Å². The second-order valence-corrected chi connectivity index (χ2v) is 9.89. The van der Waals surface area contributed by atoms with Gasteiger partial charge in [-0.05, 0) is 88.3 Å². The highest BCUT2D eigenvalue weighted by Gasteiger charge is 2.27. The summed E-state index contributed by atoms with van der Waals surface area (Å²) in [6, 6.07) is 16.8. The molecule has 0 aliphatic carbocycles. The van der Waals surface area contributed by atoms with E-state index in [-0.39, 0.29) is 11.9 Å². The van der Waals surface area contributed by atoms with Crippen molar-refractivity contribution >= 4 is 23.4 Å². The standard InChI is InChI=1S/C26H30N6O2S/c1-18(31-15-5-4-6-16-31)24-29-30-26(32(24)22-11-13-23(34-3)14-12-22)35-19(2)25(33)28-21-9-7-20(17-27)8-10-21/h7-14,18-19H,4-6,15-16H2,1-3H3,(H,28,33)/t18-,19+/m0/s1. The number of ether oxygens (including phenoxy) is 1. The number of likely N-dealkylation sites (tertiary alicyclic amines) is 1. The van der Waals surface area contributed by atoms with Gasteiger partial charge in [0.15, 0.2) is 11.0 Å². The second kappa shape index (κ2) is 11.4. The van der Waals surface area contributed by atoms with Gasteiger partial charge in [-0.2, -0.15) is 5.26 Å². The van der Waals surface area contributed by atoms with Crippen molar-refractivity contribution in [2.45, 2.75) is 49.6 Å². The van der Waals surface area contributed by atoms with Gasteiger partial charge in [-0.25, -0.2) is 0 Å². The minimum atomic E-state index is -0.412. The predicted octanol–water partition coefficient (Wildman–Crippen LogP) is 4.81. The fraction of sp³-hybridized carbons (Fsp3) is 0.385. The maximum Gasteiger partial charge on any atom is 0.237 e. The summed E-state index contributed by atoms with van der Waals surface area (Å²) in [6.45, 7) is 6.11. The van der Waals surface area contributed by atoms with E-state index in [1.807, 2.05) is 31.2 Å². The Morgan fingerprint density at radius 3 is 2.37 bits per heavy atom. The lowest BCUT2D eigenvalue weighted by Gasteiger charge is -2.32. The first-order chi connectivity index (χ1) is 17.0. The Bertz CT molecular complexity index is 1180. The van der Waals surface area contributed by atoms with Gasteiger partial charge >= 0.3 is 0 Å². The molecule has 2 heterocycles. The van der Waals surface area contributed by atoms with Crippen LogP contribution in [-0.4, -0.2) is 51.0 Å². The fourth-order valence-corrected chi connectivity index (χ4v) is 5.03. The molecule has 182 valence electrons. The maximum atomic E-state index is 12.9. The van der Waals surface area contributed by atoms with E-state index in [2.05, 4.69) is 38.0 Å². The molecule has 2 atom stereocenters. The Labute approximate surface area is 210 Å². The largest absolute Gasteiger partial charge is 0.497 e. The number of piperidine rings is 1. The molecule has 9 heteroatoms. The summed E-state index contributed by atoms with van der Waals surface area (Å²) >= 11 is 1.37. The van der Waals surface area contributed by atoms with E-state index in [0.717, 1.165) is 30.4 Å². The van der Waals surface area contributed by atoms with Crippen LogP contribution in [0.2, 0.25) is 0 Å². The first-order valence-electron chi connectivity index (χ1n) is 11.8. The number of thioether (sulfide) groups is 1. The average Bonchev–Trinajstić information content (AvgIpc) is 3.32. The highest BCUT2D eigenvalue weighted by Crippen LogP contribution is 2.32. The molecule has 0 bridgehead atoms. The molecule has 0 saturated carbocycles. The minimum Gasteiger partial charge on any atom is -0.497 e. The molecule has 1 saturated heterocycles. The van der Waals surface area contributed by atoms with Crippen molar-refractivity contribution < 1.29 is 9.53 Å². The SMILES string of the molecule is COc1ccc(-n2c(S[C@H](C)C(=O)Nc3ccc(C#N)cc3)nnc2[C@H](C)N2CCCCC2)cc1. The summed E-state index contributed by atoms with van der Waals surface area (Å²) in [7, 11) is 1.65. The van der Waals surface area contributed by atoms with E-state index < -0.39 is 5.25 Å². The predicted molar refractivity (Wildman–Crippen MR) is 137 cm³/mol. The number of carbonyl (C=O) groups is 1. The summed E-state index contributed by atoms with van der Waals surface area (Å²) in [6.07, 6.45) is 3.64. The average molecular weight is 491 g/mol. The summed E-state index contributed by atoms with van der Waals surface area (Å²) in [5, 5.41) is 21.2. The zero-order valence-corrected chi connectivity index (χ0v) is 21.1. The van der Waals surface area contributed by atoms with Gasteiger partial charge < -0.3 is 10.1 Å². The molecule has 0 radical (unpaired) electrons. The summed E-state index contributed by atoms with van der Waals surface area (Å²) in [5.74, 6) is 1.49. The number of nitrogens with one attached hydrogen (secondary N) is 1. The Morgan fingerprint density at radius 2 is 1.74 bits per heavy atom. The molecular weight excluding hydrogens is 460 g/mol. The topological polar surface area (TPSA) is 96.1 Å². The van der Waals surface area contributed by atoms with Crippen LogP contribution in [0.5, 0.6) is 5.75 Å². The third-order valence-corrected chi connectivity index (χ3v) is 7.28. The van der Waals surface area contributed by atoms with Crippen LogP contribution >= 0.6 is 11.8 Å². The third-order valence-electron chi connectivity index (χ3n) is 6.23. The van der Waals surface area contributed by atoms with Crippen molar-refractivity contribution in [1.82, 2.24) is 19.7 Å². The molecule has 0 spiro atoms. The van der Waals surface area contributed by atoms with Crippen molar-refractivity contribution in [3.8, 4) is 17.5 Å². The number of nitriles is 1. The van der Waals surface area contributed by atoms with Crippen molar-refractivity contribution in [2.75, 3.05) is 25.5 Å². The van der Waals surface area contributed by atoms with Crippen molar-refractivity contribution in [3.63, 3.8) is 0 Å². The number of carbonyl (C=O) groups excluding carboxylic acids is 1. The Morgan fingerprint density at radius 1 is 1.06 bits per heavy atom. The van der Waals surface area contributed by atoms with Crippen molar-refractivity contribution in [2.24, 2.45) is 0 Å². The number of hydrogen-bond acceptors (Lipinski definition) is 7. The number of anilines is 1. The number of benzene rings is 2.